The second kappa shape index (κ2) is 40.1. The summed E-state index contributed by atoms with van der Waals surface area (Å²) in [7, 11) is 0. The molecule has 0 N–H and O–H groups in total. The van der Waals surface area contributed by atoms with Crippen molar-refractivity contribution in [1.29, 1.82) is 0 Å². The third kappa shape index (κ3) is 41.4. The number of hydrogen-bond acceptors (Lipinski definition) is 6. The van der Waals surface area contributed by atoms with E-state index in [0.29, 0.717) is 19.3 Å². The Kier molecular flexibility index (Phi) is 38.9. The number of carbonyl (C=O) groups is 3. The molecule has 0 aliphatic carbocycles. The Bertz CT molecular complexity index is 809. The standard InChI is InChI=1S/C47H90O6/c1-6-7-8-9-10-11-17-22-27-32-37-45(48)51-40-44(41-52-46(49)38-33-28-23-19-14-16-21-26-31-36-43(4)5)53-47(50)39-34-29-24-18-13-12-15-20-25-30-35-42(2)3/h42-44H,6-41H2,1-5H3/t44-/m1/s1. The van der Waals surface area contributed by atoms with E-state index >= 15 is 0 Å². The van der Waals surface area contributed by atoms with Crippen molar-refractivity contribution >= 4 is 17.9 Å². The highest BCUT2D eigenvalue weighted by Crippen LogP contribution is 2.16. The predicted molar refractivity (Wildman–Crippen MR) is 224 cm³/mol. The molecular formula is C47H90O6. The summed E-state index contributed by atoms with van der Waals surface area (Å²) in [5.41, 5.74) is 0. The molecule has 0 rings (SSSR count). The summed E-state index contributed by atoms with van der Waals surface area (Å²) in [6, 6.07) is 0. The van der Waals surface area contributed by atoms with Gasteiger partial charge in [-0.1, -0.05) is 214 Å². The highest BCUT2D eigenvalue weighted by Gasteiger charge is 2.19. The molecule has 0 aliphatic rings. The molecule has 0 unspecified atom stereocenters. The Labute approximate surface area is 329 Å². The van der Waals surface area contributed by atoms with E-state index in [-0.39, 0.29) is 31.1 Å². The molecule has 0 heterocycles. The van der Waals surface area contributed by atoms with Gasteiger partial charge in [-0.25, -0.2) is 0 Å². The number of unbranched alkanes of at least 4 members (excludes halogenated alkanes) is 26. The second-order valence-electron chi connectivity index (χ2n) is 17.0. The molecule has 0 aromatic heterocycles. The van der Waals surface area contributed by atoms with Crippen molar-refractivity contribution in [2.75, 3.05) is 13.2 Å². The van der Waals surface area contributed by atoms with E-state index in [4.69, 9.17) is 14.2 Å². The van der Waals surface area contributed by atoms with Crippen LogP contribution < -0.4 is 0 Å². The third-order valence-electron chi connectivity index (χ3n) is 10.5. The molecule has 0 bridgehead atoms. The minimum atomic E-state index is -0.760. The van der Waals surface area contributed by atoms with E-state index < -0.39 is 6.10 Å². The molecule has 6 nitrogen and oxygen atoms in total. The summed E-state index contributed by atoms with van der Waals surface area (Å²) in [5.74, 6) is 0.767. The van der Waals surface area contributed by atoms with E-state index in [0.717, 1.165) is 69.6 Å². The average molecular weight is 751 g/mol. The van der Waals surface area contributed by atoms with Gasteiger partial charge in [0.1, 0.15) is 13.2 Å². The maximum Gasteiger partial charge on any atom is 0.306 e. The lowest BCUT2D eigenvalue weighted by Crippen LogP contribution is -2.30. The Balaban J connectivity index is 4.33. The van der Waals surface area contributed by atoms with E-state index in [1.54, 1.807) is 0 Å². The van der Waals surface area contributed by atoms with Crippen molar-refractivity contribution < 1.29 is 28.6 Å². The first kappa shape index (κ1) is 51.4. The smallest absolute Gasteiger partial charge is 0.306 e. The zero-order valence-corrected chi connectivity index (χ0v) is 36.1. The van der Waals surface area contributed by atoms with Crippen LogP contribution in [0.3, 0.4) is 0 Å². The van der Waals surface area contributed by atoms with E-state index in [1.165, 1.54) is 141 Å². The van der Waals surface area contributed by atoms with Gasteiger partial charge in [0, 0.05) is 19.3 Å². The van der Waals surface area contributed by atoms with Crippen molar-refractivity contribution in [3.63, 3.8) is 0 Å². The summed E-state index contributed by atoms with van der Waals surface area (Å²) in [4.78, 5) is 37.7. The van der Waals surface area contributed by atoms with Crippen LogP contribution in [0.4, 0.5) is 0 Å². The van der Waals surface area contributed by atoms with Crippen LogP contribution in [0.2, 0.25) is 0 Å². The largest absolute Gasteiger partial charge is 0.462 e. The van der Waals surface area contributed by atoms with Crippen LogP contribution in [0.5, 0.6) is 0 Å². The van der Waals surface area contributed by atoms with Gasteiger partial charge in [0.25, 0.3) is 0 Å². The Morgan fingerprint density at radius 2 is 0.623 bits per heavy atom. The highest BCUT2D eigenvalue weighted by atomic mass is 16.6. The van der Waals surface area contributed by atoms with Crippen LogP contribution in [-0.2, 0) is 28.6 Å². The normalized spacial score (nSPS) is 12.1. The third-order valence-corrected chi connectivity index (χ3v) is 10.5. The van der Waals surface area contributed by atoms with Crippen LogP contribution in [0.15, 0.2) is 0 Å². The molecule has 0 aromatic rings. The average Bonchev–Trinajstić information content (AvgIpc) is 3.12. The second-order valence-corrected chi connectivity index (χ2v) is 17.0. The number of carbonyl (C=O) groups excluding carboxylic acids is 3. The van der Waals surface area contributed by atoms with E-state index in [9.17, 15) is 14.4 Å². The highest BCUT2D eigenvalue weighted by molar-refractivity contribution is 5.71. The summed E-state index contributed by atoms with van der Waals surface area (Å²) in [6.07, 6.45) is 38.0. The van der Waals surface area contributed by atoms with E-state index in [2.05, 4.69) is 34.6 Å². The summed E-state index contributed by atoms with van der Waals surface area (Å²) >= 11 is 0. The number of rotatable bonds is 41. The molecule has 0 fully saturated rings. The molecule has 0 saturated heterocycles. The van der Waals surface area contributed by atoms with Crippen molar-refractivity contribution in [3.05, 3.63) is 0 Å². The molecule has 53 heavy (non-hydrogen) atoms. The molecule has 6 heteroatoms. The fourth-order valence-electron chi connectivity index (χ4n) is 6.93. The van der Waals surface area contributed by atoms with Gasteiger partial charge < -0.3 is 14.2 Å². The molecular weight excluding hydrogens is 661 g/mol. The topological polar surface area (TPSA) is 78.9 Å². The van der Waals surface area contributed by atoms with Gasteiger partial charge in [0.15, 0.2) is 6.10 Å². The number of ether oxygens (including phenoxy) is 3. The Morgan fingerprint density at radius 1 is 0.358 bits per heavy atom. The molecule has 0 radical (unpaired) electrons. The first-order valence-electron chi connectivity index (χ1n) is 23.2. The van der Waals surface area contributed by atoms with Gasteiger partial charge in [-0.2, -0.15) is 0 Å². The minimum absolute atomic E-state index is 0.0649. The Hall–Kier alpha value is -1.59. The van der Waals surface area contributed by atoms with Crippen molar-refractivity contribution in [2.45, 2.75) is 259 Å². The lowest BCUT2D eigenvalue weighted by Gasteiger charge is -2.18. The fourth-order valence-corrected chi connectivity index (χ4v) is 6.93. The van der Waals surface area contributed by atoms with Gasteiger partial charge in [-0.3, -0.25) is 14.4 Å². The molecule has 0 saturated carbocycles. The van der Waals surface area contributed by atoms with Gasteiger partial charge in [0.2, 0.25) is 0 Å². The summed E-state index contributed by atoms with van der Waals surface area (Å²) in [5, 5.41) is 0. The van der Waals surface area contributed by atoms with Crippen LogP contribution in [0.25, 0.3) is 0 Å². The van der Waals surface area contributed by atoms with Crippen molar-refractivity contribution in [3.8, 4) is 0 Å². The lowest BCUT2D eigenvalue weighted by molar-refractivity contribution is -0.167. The molecule has 314 valence electrons. The molecule has 0 aliphatic heterocycles. The molecule has 0 amide bonds. The van der Waals surface area contributed by atoms with E-state index in [1.807, 2.05) is 0 Å². The maximum atomic E-state index is 12.7. The van der Waals surface area contributed by atoms with Crippen LogP contribution in [0.1, 0.15) is 253 Å². The van der Waals surface area contributed by atoms with Gasteiger partial charge >= 0.3 is 17.9 Å². The van der Waals surface area contributed by atoms with Gasteiger partial charge in [-0.15, -0.1) is 0 Å². The van der Waals surface area contributed by atoms with Crippen LogP contribution >= 0.6 is 0 Å². The van der Waals surface area contributed by atoms with Crippen molar-refractivity contribution in [2.24, 2.45) is 11.8 Å². The minimum Gasteiger partial charge on any atom is -0.462 e. The number of hydrogen-bond donors (Lipinski definition) is 0. The molecule has 0 aromatic carbocycles. The summed E-state index contributed by atoms with van der Waals surface area (Å²) in [6.45, 7) is 11.3. The molecule has 1 atom stereocenters. The SMILES string of the molecule is CCCCCCCCCCCCC(=O)OC[C@H](COC(=O)CCCCCCCCCCCC(C)C)OC(=O)CCCCCCCCCCCCC(C)C. The zero-order chi connectivity index (χ0) is 39.0. The lowest BCUT2D eigenvalue weighted by atomic mass is 10.0. The van der Waals surface area contributed by atoms with Gasteiger partial charge in [-0.05, 0) is 31.1 Å². The quantitative estimate of drug-likeness (QED) is 0.0352. The first-order valence-corrected chi connectivity index (χ1v) is 23.2. The fraction of sp³-hybridized carbons (Fsp3) is 0.936. The Morgan fingerprint density at radius 3 is 0.925 bits per heavy atom. The zero-order valence-electron chi connectivity index (χ0n) is 36.1. The summed E-state index contributed by atoms with van der Waals surface area (Å²) < 4.78 is 16.7. The monoisotopic (exact) mass is 751 g/mol. The van der Waals surface area contributed by atoms with Crippen LogP contribution in [0, 0.1) is 11.8 Å². The first-order chi connectivity index (χ1) is 25.7. The van der Waals surface area contributed by atoms with Crippen LogP contribution in [-0.4, -0.2) is 37.2 Å². The number of esters is 3. The molecule has 0 spiro atoms. The van der Waals surface area contributed by atoms with Crippen molar-refractivity contribution in [1.82, 2.24) is 0 Å². The maximum absolute atomic E-state index is 12.7. The predicted octanol–water partition coefficient (Wildman–Crippen LogP) is 14.6. The van der Waals surface area contributed by atoms with Gasteiger partial charge in [0.05, 0.1) is 0 Å².